The normalized spacial score (nSPS) is 12.1. The second-order valence-electron chi connectivity index (χ2n) is 4.57. The van der Waals surface area contributed by atoms with Crippen LogP contribution in [0.1, 0.15) is 22.1 Å². The first kappa shape index (κ1) is 16.1. The van der Waals surface area contributed by atoms with E-state index < -0.39 is 5.38 Å². The number of rotatable bonds is 4. The topological polar surface area (TPSA) is 18.5 Å². The van der Waals surface area contributed by atoms with E-state index in [-0.39, 0.29) is 5.82 Å². The summed E-state index contributed by atoms with van der Waals surface area (Å²) in [6, 6.07) is 8.69. The molecule has 1 unspecified atom stereocenters. The van der Waals surface area contributed by atoms with Gasteiger partial charge in [0, 0.05) is 5.56 Å². The molecular weight excluding hydrogens is 359 g/mol. The van der Waals surface area contributed by atoms with E-state index >= 15 is 0 Å². The summed E-state index contributed by atoms with van der Waals surface area (Å²) in [5.41, 5.74) is 2.11. The molecule has 0 bridgehead atoms. The zero-order chi connectivity index (χ0) is 15.6. The fraction of sp³-hybridized carbons (Fsp3) is 0.250. The average Bonchev–Trinajstić information content (AvgIpc) is 2.49. The number of alkyl halides is 1. The van der Waals surface area contributed by atoms with Gasteiger partial charge in [0.15, 0.2) is 11.5 Å². The number of hydrogen-bond acceptors (Lipinski definition) is 2. The first-order valence-electron chi connectivity index (χ1n) is 6.30. The smallest absolute Gasteiger partial charge is 0.161 e. The van der Waals surface area contributed by atoms with Crippen LogP contribution in [0.3, 0.4) is 0 Å². The molecule has 0 spiro atoms. The van der Waals surface area contributed by atoms with Crippen LogP contribution in [0.2, 0.25) is 0 Å². The minimum Gasteiger partial charge on any atom is -0.493 e. The lowest BCUT2D eigenvalue weighted by molar-refractivity contribution is 0.354. The standard InChI is InChI=1S/C16H15BrClFO2/c1-9-7-13(20-2)14(21-3)8-11(9)15(18)10-5-4-6-12(17)16(10)19/h4-8,15H,1-3H3. The molecule has 0 fully saturated rings. The quantitative estimate of drug-likeness (QED) is 0.682. The summed E-state index contributed by atoms with van der Waals surface area (Å²) in [6.07, 6.45) is 0. The molecule has 1 atom stereocenters. The van der Waals surface area contributed by atoms with E-state index in [1.54, 1.807) is 38.5 Å². The van der Waals surface area contributed by atoms with Crippen LogP contribution in [0.25, 0.3) is 0 Å². The van der Waals surface area contributed by atoms with Crippen molar-refractivity contribution in [1.82, 2.24) is 0 Å². The molecule has 2 aromatic rings. The van der Waals surface area contributed by atoms with Gasteiger partial charge in [-0.2, -0.15) is 0 Å². The minimum absolute atomic E-state index is 0.355. The molecule has 0 saturated carbocycles. The van der Waals surface area contributed by atoms with Crippen LogP contribution in [-0.4, -0.2) is 14.2 Å². The van der Waals surface area contributed by atoms with Crippen molar-refractivity contribution >= 4 is 27.5 Å². The lowest BCUT2D eigenvalue weighted by atomic mass is 9.99. The van der Waals surface area contributed by atoms with Gasteiger partial charge in [0.05, 0.1) is 24.1 Å². The number of halogens is 3. The Labute approximate surface area is 137 Å². The van der Waals surface area contributed by atoms with Gasteiger partial charge in [0.2, 0.25) is 0 Å². The van der Waals surface area contributed by atoms with Gasteiger partial charge in [-0.3, -0.25) is 0 Å². The third-order valence-corrected chi connectivity index (χ3v) is 4.38. The van der Waals surface area contributed by atoms with Crippen molar-refractivity contribution in [2.24, 2.45) is 0 Å². The van der Waals surface area contributed by atoms with Crippen molar-refractivity contribution in [2.45, 2.75) is 12.3 Å². The van der Waals surface area contributed by atoms with Crippen LogP contribution in [-0.2, 0) is 0 Å². The zero-order valence-corrected chi connectivity index (χ0v) is 14.3. The molecule has 0 amide bonds. The van der Waals surface area contributed by atoms with Crippen LogP contribution >= 0.6 is 27.5 Å². The fourth-order valence-corrected chi connectivity index (χ4v) is 2.94. The van der Waals surface area contributed by atoms with E-state index in [2.05, 4.69) is 15.9 Å². The molecule has 0 heterocycles. The van der Waals surface area contributed by atoms with E-state index in [1.807, 2.05) is 13.0 Å². The van der Waals surface area contributed by atoms with Gasteiger partial charge < -0.3 is 9.47 Å². The van der Waals surface area contributed by atoms with Gasteiger partial charge in [-0.25, -0.2) is 4.39 Å². The molecule has 0 aliphatic rings. The molecule has 112 valence electrons. The lowest BCUT2D eigenvalue weighted by Gasteiger charge is -2.17. The van der Waals surface area contributed by atoms with Crippen molar-refractivity contribution in [1.29, 1.82) is 0 Å². The van der Waals surface area contributed by atoms with E-state index in [0.29, 0.717) is 21.5 Å². The highest BCUT2D eigenvalue weighted by Crippen LogP contribution is 2.39. The maximum atomic E-state index is 14.2. The summed E-state index contributed by atoms with van der Waals surface area (Å²) in [4.78, 5) is 0. The van der Waals surface area contributed by atoms with Gasteiger partial charge in [-0.05, 0) is 52.2 Å². The Hall–Kier alpha value is -1.26. The lowest BCUT2D eigenvalue weighted by Crippen LogP contribution is -2.02. The predicted molar refractivity (Wildman–Crippen MR) is 86.1 cm³/mol. The second-order valence-corrected chi connectivity index (χ2v) is 5.86. The van der Waals surface area contributed by atoms with Crippen molar-refractivity contribution in [3.63, 3.8) is 0 Å². The van der Waals surface area contributed by atoms with E-state index in [9.17, 15) is 4.39 Å². The maximum Gasteiger partial charge on any atom is 0.161 e. The third-order valence-electron chi connectivity index (χ3n) is 3.30. The molecule has 2 aromatic carbocycles. The fourth-order valence-electron chi connectivity index (χ4n) is 2.15. The molecule has 5 heteroatoms. The Morgan fingerprint density at radius 3 is 2.33 bits per heavy atom. The summed E-state index contributed by atoms with van der Waals surface area (Å²) in [6.45, 7) is 1.91. The molecule has 0 aliphatic heterocycles. The molecule has 2 nitrogen and oxygen atoms in total. The van der Waals surface area contributed by atoms with Crippen molar-refractivity contribution in [2.75, 3.05) is 14.2 Å². The van der Waals surface area contributed by atoms with Crippen molar-refractivity contribution in [3.05, 3.63) is 57.3 Å². The molecule has 2 rings (SSSR count). The molecule has 21 heavy (non-hydrogen) atoms. The van der Waals surface area contributed by atoms with Gasteiger partial charge in [0.1, 0.15) is 5.82 Å². The number of ether oxygens (including phenoxy) is 2. The summed E-state index contributed by atoms with van der Waals surface area (Å²) >= 11 is 9.66. The van der Waals surface area contributed by atoms with Gasteiger partial charge in [-0.15, -0.1) is 11.6 Å². The van der Waals surface area contributed by atoms with Crippen LogP contribution < -0.4 is 9.47 Å². The Morgan fingerprint density at radius 2 is 1.71 bits per heavy atom. The average molecular weight is 374 g/mol. The second kappa shape index (κ2) is 6.67. The highest BCUT2D eigenvalue weighted by Gasteiger charge is 2.20. The van der Waals surface area contributed by atoms with Crippen molar-refractivity contribution in [3.8, 4) is 11.5 Å². The largest absolute Gasteiger partial charge is 0.493 e. The molecule has 0 N–H and O–H groups in total. The Kier molecular flexibility index (Phi) is 5.12. The van der Waals surface area contributed by atoms with E-state index in [1.165, 1.54) is 0 Å². The molecule has 0 aromatic heterocycles. The predicted octanol–water partition coefficient (Wildman–Crippen LogP) is 5.24. The van der Waals surface area contributed by atoms with E-state index in [4.69, 9.17) is 21.1 Å². The summed E-state index contributed by atoms with van der Waals surface area (Å²) < 4.78 is 25.1. The minimum atomic E-state index is -0.609. The Bertz CT molecular complexity index is 661. The monoisotopic (exact) mass is 372 g/mol. The molecule has 0 aliphatic carbocycles. The Balaban J connectivity index is 2.53. The van der Waals surface area contributed by atoms with Gasteiger partial charge in [-0.1, -0.05) is 12.1 Å². The molecule has 0 radical (unpaired) electrons. The highest BCUT2D eigenvalue weighted by atomic mass is 79.9. The summed E-state index contributed by atoms with van der Waals surface area (Å²) in [5, 5.41) is -0.609. The number of benzene rings is 2. The van der Waals surface area contributed by atoms with Crippen LogP contribution in [0.5, 0.6) is 11.5 Å². The summed E-state index contributed by atoms with van der Waals surface area (Å²) in [5.74, 6) is 0.836. The maximum absolute atomic E-state index is 14.2. The molecule has 0 saturated heterocycles. The van der Waals surface area contributed by atoms with Gasteiger partial charge in [0.25, 0.3) is 0 Å². The summed E-state index contributed by atoms with van der Waals surface area (Å²) in [7, 11) is 3.13. The SMILES string of the molecule is COc1cc(C)c(C(Cl)c2cccc(Br)c2F)cc1OC. The van der Waals surface area contributed by atoms with Crippen LogP contribution in [0.4, 0.5) is 4.39 Å². The Morgan fingerprint density at radius 1 is 1.10 bits per heavy atom. The van der Waals surface area contributed by atoms with Crippen LogP contribution in [0, 0.1) is 12.7 Å². The van der Waals surface area contributed by atoms with Crippen molar-refractivity contribution < 1.29 is 13.9 Å². The first-order valence-corrected chi connectivity index (χ1v) is 7.53. The number of hydrogen-bond donors (Lipinski definition) is 0. The number of aryl methyl sites for hydroxylation is 1. The third kappa shape index (κ3) is 3.16. The zero-order valence-electron chi connectivity index (χ0n) is 11.9. The highest BCUT2D eigenvalue weighted by molar-refractivity contribution is 9.10. The van der Waals surface area contributed by atoms with Gasteiger partial charge >= 0.3 is 0 Å². The number of methoxy groups -OCH3 is 2. The molecular formula is C16H15BrClFO2. The van der Waals surface area contributed by atoms with E-state index in [0.717, 1.165) is 11.1 Å². The first-order chi connectivity index (χ1) is 9.99. The van der Waals surface area contributed by atoms with Crippen LogP contribution in [0.15, 0.2) is 34.8 Å².